The maximum Gasteiger partial charge on any atom is 0.573 e. The van der Waals surface area contributed by atoms with Crippen LogP contribution >= 0.6 is 0 Å². The minimum absolute atomic E-state index is 0.0822. The van der Waals surface area contributed by atoms with Gasteiger partial charge in [-0.2, -0.15) is 0 Å². The van der Waals surface area contributed by atoms with Gasteiger partial charge in [0.25, 0.3) is 0 Å². The molecule has 7 heteroatoms. The second-order valence-corrected chi connectivity index (χ2v) is 7.50. The summed E-state index contributed by atoms with van der Waals surface area (Å²) in [5.74, 6) is 0.504. The molecule has 1 aromatic rings. The van der Waals surface area contributed by atoms with Gasteiger partial charge in [0, 0.05) is 51.4 Å². The molecule has 2 saturated heterocycles. The van der Waals surface area contributed by atoms with Crippen molar-refractivity contribution in [3.8, 4) is 5.75 Å². The number of hydrogen-bond acceptors (Lipinski definition) is 4. The van der Waals surface area contributed by atoms with Crippen molar-refractivity contribution in [2.45, 2.75) is 25.7 Å². The molecule has 2 fully saturated rings. The number of likely N-dealkylation sites (tertiary alicyclic amines) is 1. The molecule has 0 spiro atoms. The van der Waals surface area contributed by atoms with E-state index in [9.17, 15) is 13.2 Å². The normalized spacial score (nSPS) is 23.9. The van der Waals surface area contributed by atoms with Gasteiger partial charge in [0.05, 0.1) is 0 Å². The number of para-hydroxylation sites is 1. The predicted octanol–water partition coefficient (Wildman–Crippen LogP) is 3.04. The Kier molecular flexibility index (Phi) is 6.42. The molecule has 0 bridgehead atoms. The van der Waals surface area contributed by atoms with E-state index in [0.717, 1.165) is 52.2 Å². The molecular weight excluding hydrogens is 343 g/mol. The average molecular weight is 371 g/mol. The van der Waals surface area contributed by atoms with Crippen LogP contribution in [0.25, 0.3) is 0 Å². The zero-order valence-electron chi connectivity index (χ0n) is 15.3. The van der Waals surface area contributed by atoms with E-state index in [1.54, 1.807) is 18.2 Å². The molecule has 2 heterocycles. The standard InChI is InChI=1S/C19H28F3N3O/c1-23-9-11-24(12-10-23)13-16-5-4-8-25(14-16)15-17-6-2-3-7-18(17)26-19(20,21)22/h2-3,6-7,16H,4-5,8-15H2,1H3. The highest BCUT2D eigenvalue weighted by Crippen LogP contribution is 2.28. The van der Waals surface area contributed by atoms with Crippen LogP contribution in [0.15, 0.2) is 24.3 Å². The van der Waals surface area contributed by atoms with Crippen molar-refractivity contribution >= 4 is 0 Å². The molecule has 0 N–H and O–H groups in total. The molecule has 1 atom stereocenters. The Morgan fingerprint density at radius 3 is 2.50 bits per heavy atom. The molecule has 0 saturated carbocycles. The average Bonchev–Trinajstić information content (AvgIpc) is 2.58. The third kappa shape index (κ3) is 5.86. The molecule has 146 valence electrons. The van der Waals surface area contributed by atoms with Crippen molar-refractivity contribution in [1.29, 1.82) is 0 Å². The summed E-state index contributed by atoms with van der Waals surface area (Å²) in [5, 5.41) is 0. The van der Waals surface area contributed by atoms with Crippen molar-refractivity contribution in [2.75, 3.05) is 52.9 Å². The SMILES string of the molecule is CN1CCN(CC2CCCN(Cc3ccccc3OC(F)(F)F)C2)CC1. The first-order valence-corrected chi connectivity index (χ1v) is 9.36. The van der Waals surface area contributed by atoms with E-state index in [4.69, 9.17) is 0 Å². The van der Waals surface area contributed by atoms with Crippen LogP contribution in [-0.2, 0) is 6.54 Å². The fourth-order valence-corrected chi connectivity index (χ4v) is 3.94. The summed E-state index contributed by atoms with van der Waals surface area (Å²) in [4.78, 5) is 7.14. The lowest BCUT2D eigenvalue weighted by Gasteiger charge is -2.38. The number of hydrogen-bond donors (Lipinski definition) is 0. The van der Waals surface area contributed by atoms with Crippen LogP contribution in [-0.4, -0.2) is 73.9 Å². The Hall–Kier alpha value is -1.31. The third-order valence-corrected chi connectivity index (χ3v) is 5.31. The summed E-state index contributed by atoms with van der Waals surface area (Å²) in [6.07, 6.45) is -2.35. The molecule has 4 nitrogen and oxygen atoms in total. The lowest BCUT2D eigenvalue weighted by molar-refractivity contribution is -0.275. The zero-order valence-corrected chi connectivity index (χ0v) is 15.3. The van der Waals surface area contributed by atoms with E-state index < -0.39 is 6.36 Å². The van der Waals surface area contributed by atoms with E-state index in [-0.39, 0.29) is 5.75 Å². The van der Waals surface area contributed by atoms with E-state index in [1.165, 1.54) is 12.5 Å². The summed E-state index contributed by atoms with van der Waals surface area (Å²) >= 11 is 0. The van der Waals surface area contributed by atoms with Gasteiger partial charge in [0.1, 0.15) is 5.75 Å². The number of ether oxygens (including phenoxy) is 1. The highest BCUT2D eigenvalue weighted by atomic mass is 19.4. The maximum absolute atomic E-state index is 12.6. The van der Waals surface area contributed by atoms with Crippen molar-refractivity contribution < 1.29 is 17.9 Å². The number of nitrogens with zero attached hydrogens (tertiary/aromatic N) is 3. The Bertz CT molecular complexity index is 573. The predicted molar refractivity (Wildman–Crippen MR) is 95.1 cm³/mol. The van der Waals surface area contributed by atoms with Crippen molar-refractivity contribution in [3.63, 3.8) is 0 Å². The van der Waals surface area contributed by atoms with Gasteiger partial charge in [-0.25, -0.2) is 0 Å². The minimum atomic E-state index is -4.65. The Morgan fingerprint density at radius 1 is 1.04 bits per heavy atom. The quantitative estimate of drug-likeness (QED) is 0.792. The monoisotopic (exact) mass is 371 g/mol. The van der Waals surface area contributed by atoms with E-state index in [1.807, 2.05) is 0 Å². The smallest absolute Gasteiger partial charge is 0.405 e. The van der Waals surface area contributed by atoms with Gasteiger partial charge in [0.15, 0.2) is 0 Å². The maximum atomic E-state index is 12.6. The van der Waals surface area contributed by atoms with E-state index in [0.29, 0.717) is 18.0 Å². The molecule has 0 aromatic heterocycles. The van der Waals surface area contributed by atoms with Crippen molar-refractivity contribution in [1.82, 2.24) is 14.7 Å². The van der Waals surface area contributed by atoms with Gasteiger partial charge < -0.3 is 14.5 Å². The molecule has 0 aliphatic carbocycles. The van der Waals surface area contributed by atoms with Gasteiger partial charge in [-0.05, 0) is 38.4 Å². The highest BCUT2D eigenvalue weighted by molar-refractivity contribution is 5.33. The summed E-state index contributed by atoms with van der Waals surface area (Å²) < 4.78 is 42.0. The Morgan fingerprint density at radius 2 is 1.77 bits per heavy atom. The van der Waals surface area contributed by atoms with Gasteiger partial charge in [0.2, 0.25) is 0 Å². The van der Waals surface area contributed by atoms with E-state index >= 15 is 0 Å². The fraction of sp³-hybridized carbons (Fsp3) is 0.684. The van der Waals surface area contributed by atoms with Gasteiger partial charge in [-0.15, -0.1) is 13.2 Å². The number of piperidine rings is 1. The second-order valence-electron chi connectivity index (χ2n) is 7.50. The molecule has 0 radical (unpaired) electrons. The topological polar surface area (TPSA) is 19.0 Å². The number of alkyl halides is 3. The first kappa shape index (κ1) is 19.5. The van der Waals surface area contributed by atoms with Crippen molar-refractivity contribution in [2.24, 2.45) is 5.92 Å². The molecular formula is C19H28F3N3O. The summed E-state index contributed by atoms with van der Waals surface area (Å²) in [7, 11) is 2.15. The van der Waals surface area contributed by atoms with Gasteiger partial charge in [-0.1, -0.05) is 18.2 Å². The lowest BCUT2D eigenvalue weighted by Crippen LogP contribution is -2.48. The van der Waals surface area contributed by atoms with Crippen LogP contribution in [0.3, 0.4) is 0 Å². The highest BCUT2D eigenvalue weighted by Gasteiger charge is 2.32. The lowest BCUT2D eigenvalue weighted by atomic mass is 9.96. The number of benzene rings is 1. The van der Waals surface area contributed by atoms with Crippen molar-refractivity contribution in [3.05, 3.63) is 29.8 Å². The molecule has 3 rings (SSSR count). The number of piperazine rings is 1. The van der Waals surface area contributed by atoms with Crippen LogP contribution in [0.2, 0.25) is 0 Å². The summed E-state index contributed by atoms with van der Waals surface area (Å²) in [6.45, 7) is 7.89. The number of likely N-dealkylation sites (N-methyl/N-ethyl adjacent to an activating group) is 1. The second kappa shape index (κ2) is 8.59. The van der Waals surface area contributed by atoms with Crippen LogP contribution < -0.4 is 4.74 Å². The Labute approximate surface area is 153 Å². The number of rotatable bonds is 5. The first-order chi connectivity index (χ1) is 12.4. The van der Waals surface area contributed by atoms with Gasteiger partial charge >= 0.3 is 6.36 Å². The van der Waals surface area contributed by atoms with Crippen LogP contribution in [0.1, 0.15) is 18.4 Å². The van der Waals surface area contributed by atoms with Crippen LogP contribution in [0, 0.1) is 5.92 Å². The fourth-order valence-electron chi connectivity index (χ4n) is 3.94. The molecule has 1 aromatic carbocycles. The molecule has 2 aliphatic heterocycles. The molecule has 2 aliphatic rings. The van der Waals surface area contributed by atoms with Gasteiger partial charge in [-0.3, -0.25) is 4.90 Å². The summed E-state index contributed by atoms with van der Waals surface area (Å²) in [5.41, 5.74) is 0.602. The van der Waals surface area contributed by atoms with Crippen LogP contribution in [0.4, 0.5) is 13.2 Å². The zero-order chi connectivity index (χ0) is 18.6. The molecule has 26 heavy (non-hydrogen) atoms. The van der Waals surface area contributed by atoms with E-state index in [2.05, 4.69) is 26.5 Å². The first-order valence-electron chi connectivity index (χ1n) is 9.36. The van der Waals surface area contributed by atoms with Crippen LogP contribution in [0.5, 0.6) is 5.75 Å². The summed E-state index contributed by atoms with van der Waals surface area (Å²) in [6, 6.07) is 6.47. The molecule has 1 unspecified atom stereocenters. The Balaban J connectivity index is 1.55. The minimum Gasteiger partial charge on any atom is -0.405 e. The molecule has 0 amide bonds. The number of halogens is 3. The largest absolute Gasteiger partial charge is 0.573 e. The third-order valence-electron chi connectivity index (χ3n) is 5.31.